The topological polar surface area (TPSA) is 66.5 Å². The summed E-state index contributed by atoms with van der Waals surface area (Å²) in [4.78, 5) is 11.6. The molecule has 1 N–H and O–H groups in total. The Morgan fingerprint density at radius 1 is 1.00 bits per heavy atom. The Labute approximate surface area is 154 Å². The third kappa shape index (κ3) is 4.14. The van der Waals surface area contributed by atoms with Gasteiger partial charge in [-0.05, 0) is 43.2 Å². The van der Waals surface area contributed by atoms with E-state index in [-0.39, 0.29) is 31.6 Å². The van der Waals surface area contributed by atoms with E-state index in [1.807, 2.05) is 0 Å². The van der Waals surface area contributed by atoms with E-state index in [2.05, 4.69) is 5.32 Å². The second-order valence-electron chi connectivity index (χ2n) is 6.22. The minimum absolute atomic E-state index is 0.0202. The summed E-state index contributed by atoms with van der Waals surface area (Å²) in [6.07, 6.45) is 0.382. The number of halogens is 3. The zero-order valence-corrected chi connectivity index (χ0v) is 15.0. The number of amides is 1. The third-order valence-corrected chi connectivity index (χ3v) is 6.38. The molecule has 2 aromatic rings. The fraction of sp³-hybridized carbons (Fsp3) is 0.278. The summed E-state index contributed by atoms with van der Waals surface area (Å²) < 4.78 is 66.9. The maximum atomic E-state index is 13.8. The number of hydrogen-bond donors (Lipinski definition) is 1. The standard InChI is InChI=1S/C18H17F3N2O3S/c19-13-5-6-15(21)17(11-13)27(25,26)23-9-7-12(8-10-23)18(24)22-16-4-2-1-3-14(16)20/h1-6,11-12H,7-10H2,(H,22,24). The van der Waals surface area contributed by atoms with Crippen LogP contribution < -0.4 is 5.32 Å². The van der Waals surface area contributed by atoms with Gasteiger partial charge in [-0.2, -0.15) is 4.31 Å². The smallest absolute Gasteiger partial charge is 0.246 e. The first-order valence-electron chi connectivity index (χ1n) is 8.29. The minimum atomic E-state index is -4.20. The van der Waals surface area contributed by atoms with Crippen molar-refractivity contribution in [2.45, 2.75) is 17.7 Å². The van der Waals surface area contributed by atoms with Gasteiger partial charge in [0, 0.05) is 19.0 Å². The lowest BCUT2D eigenvalue weighted by atomic mass is 9.97. The van der Waals surface area contributed by atoms with Crippen LogP contribution in [0.1, 0.15) is 12.8 Å². The average Bonchev–Trinajstić information content (AvgIpc) is 2.65. The molecule has 0 bridgehead atoms. The predicted molar refractivity (Wildman–Crippen MR) is 92.9 cm³/mol. The van der Waals surface area contributed by atoms with Gasteiger partial charge in [-0.1, -0.05) is 12.1 Å². The molecule has 9 heteroatoms. The van der Waals surface area contributed by atoms with Crippen LogP contribution in [0.25, 0.3) is 0 Å². The van der Waals surface area contributed by atoms with Crippen LogP contribution in [-0.4, -0.2) is 31.7 Å². The van der Waals surface area contributed by atoms with E-state index in [1.54, 1.807) is 6.07 Å². The molecule has 1 amide bonds. The number of para-hydroxylation sites is 1. The molecule has 27 heavy (non-hydrogen) atoms. The quantitative estimate of drug-likeness (QED) is 0.861. The molecular weight excluding hydrogens is 381 g/mol. The van der Waals surface area contributed by atoms with E-state index in [9.17, 15) is 26.4 Å². The Morgan fingerprint density at radius 3 is 2.33 bits per heavy atom. The average molecular weight is 398 g/mol. The molecule has 0 aliphatic carbocycles. The highest BCUT2D eigenvalue weighted by Crippen LogP contribution is 2.27. The zero-order valence-electron chi connectivity index (χ0n) is 14.2. The number of piperidine rings is 1. The van der Waals surface area contributed by atoms with Gasteiger partial charge in [0.05, 0.1) is 5.69 Å². The molecule has 1 saturated heterocycles. The van der Waals surface area contributed by atoms with Gasteiger partial charge in [0.15, 0.2) is 0 Å². The largest absolute Gasteiger partial charge is 0.323 e. The van der Waals surface area contributed by atoms with Crippen LogP contribution in [0.4, 0.5) is 18.9 Å². The van der Waals surface area contributed by atoms with Crippen molar-refractivity contribution >= 4 is 21.6 Å². The van der Waals surface area contributed by atoms with Crippen LogP contribution in [0.15, 0.2) is 47.4 Å². The molecule has 1 aliphatic rings. The molecule has 0 atom stereocenters. The van der Waals surface area contributed by atoms with Gasteiger partial charge in [-0.25, -0.2) is 21.6 Å². The molecule has 0 unspecified atom stereocenters. The normalized spacial score (nSPS) is 16.3. The van der Waals surface area contributed by atoms with Crippen molar-refractivity contribution in [2.75, 3.05) is 18.4 Å². The van der Waals surface area contributed by atoms with E-state index in [4.69, 9.17) is 0 Å². The van der Waals surface area contributed by atoms with Gasteiger partial charge in [-0.15, -0.1) is 0 Å². The number of hydrogen-bond acceptors (Lipinski definition) is 3. The van der Waals surface area contributed by atoms with E-state index >= 15 is 0 Å². The summed E-state index contributed by atoms with van der Waals surface area (Å²) in [6, 6.07) is 7.98. The summed E-state index contributed by atoms with van der Waals surface area (Å²) in [5, 5.41) is 2.49. The maximum absolute atomic E-state index is 13.8. The second-order valence-corrected chi connectivity index (χ2v) is 8.13. The Morgan fingerprint density at radius 2 is 1.67 bits per heavy atom. The number of anilines is 1. The maximum Gasteiger partial charge on any atom is 0.246 e. The minimum Gasteiger partial charge on any atom is -0.323 e. The molecule has 5 nitrogen and oxygen atoms in total. The van der Waals surface area contributed by atoms with E-state index < -0.39 is 44.2 Å². The van der Waals surface area contributed by atoms with Crippen LogP contribution >= 0.6 is 0 Å². The fourth-order valence-corrected chi connectivity index (χ4v) is 4.52. The molecular formula is C18H17F3N2O3S. The molecule has 0 spiro atoms. The zero-order chi connectivity index (χ0) is 19.6. The van der Waals surface area contributed by atoms with Crippen LogP contribution in [0.5, 0.6) is 0 Å². The number of sulfonamides is 1. The van der Waals surface area contributed by atoms with E-state index in [0.717, 1.165) is 16.4 Å². The molecule has 1 heterocycles. The van der Waals surface area contributed by atoms with Crippen molar-refractivity contribution in [3.63, 3.8) is 0 Å². The van der Waals surface area contributed by atoms with Crippen molar-refractivity contribution in [3.05, 3.63) is 59.9 Å². The Balaban J connectivity index is 1.67. The van der Waals surface area contributed by atoms with Gasteiger partial charge < -0.3 is 5.32 Å². The lowest BCUT2D eigenvalue weighted by molar-refractivity contribution is -0.120. The number of carbonyl (C=O) groups excluding carboxylic acids is 1. The van der Waals surface area contributed by atoms with Crippen LogP contribution in [-0.2, 0) is 14.8 Å². The van der Waals surface area contributed by atoms with Crippen LogP contribution in [0, 0.1) is 23.4 Å². The van der Waals surface area contributed by atoms with Crippen LogP contribution in [0.2, 0.25) is 0 Å². The summed E-state index contributed by atoms with van der Waals surface area (Å²) in [5.74, 6) is -3.36. The molecule has 3 rings (SSSR count). The number of rotatable bonds is 4. The molecule has 0 saturated carbocycles. The van der Waals surface area contributed by atoms with Gasteiger partial charge in [-0.3, -0.25) is 4.79 Å². The number of carbonyl (C=O) groups is 1. The fourth-order valence-electron chi connectivity index (χ4n) is 2.97. The Bertz CT molecular complexity index is 958. The van der Waals surface area contributed by atoms with Gasteiger partial charge >= 0.3 is 0 Å². The molecule has 0 aromatic heterocycles. The highest BCUT2D eigenvalue weighted by atomic mass is 32.2. The predicted octanol–water partition coefficient (Wildman–Crippen LogP) is 3.14. The third-order valence-electron chi connectivity index (χ3n) is 4.47. The van der Waals surface area contributed by atoms with Crippen molar-refractivity contribution in [3.8, 4) is 0 Å². The van der Waals surface area contributed by atoms with Gasteiger partial charge in [0.25, 0.3) is 0 Å². The molecule has 2 aromatic carbocycles. The van der Waals surface area contributed by atoms with Crippen molar-refractivity contribution in [1.29, 1.82) is 0 Å². The number of nitrogens with one attached hydrogen (secondary N) is 1. The van der Waals surface area contributed by atoms with Crippen molar-refractivity contribution < 1.29 is 26.4 Å². The summed E-state index contributed by atoms with van der Waals surface area (Å²) >= 11 is 0. The highest BCUT2D eigenvalue weighted by molar-refractivity contribution is 7.89. The van der Waals surface area contributed by atoms with Gasteiger partial charge in [0.1, 0.15) is 22.3 Å². The molecule has 0 radical (unpaired) electrons. The lowest BCUT2D eigenvalue weighted by Crippen LogP contribution is -2.41. The first-order valence-corrected chi connectivity index (χ1v) is 9.73. The first kappa shape index (κ1) is 19.4. The molecule has 1 aliphatic heterocycles. The Hall–Kier alpha value is -2.39. The summed E-state index contributed by atoms with van der Waals surface area (Å²) in [5.41, 5.74) is 0.0550. The first-order chi connectivity index (χ1) is 12.8. The van der Waals surface area contributed by atoms with Crippen LogP contribution in [0.3, 0.4) is 0 Å². The second kappa shape index (κ2) is 7.69. The SMILES string of the molecule is O=C(Nc1ccccc1F)C1CCN(S(=O)(=O)c2cc(F)ccc2F)CC1. The number of nitrogens with zero attached hydrogens (tertiary/aromatic N) is 1. The lowest BCUT2D eigenvalue weighted by Gasteiger charge is -2.30. The van der Waals surface area contributed by atoms with E-state index in [0.29, 0.717) is 6.07 Å². The molecule has 144 valence electrons. The van der Waals surface area contributed by atoms with E-state index in [1.165, 1.54) is 18.2 Å². The highest BCUT2D eigenvalue weighted by Gasteiger charge is 2.34. The molecule has 1 fully saturated rings. The summed E-state index contributed by atoms with van der Waals surface area (Å²) in [7, 11) is -4.20. The summed E-state index contributed by atoms with van der Waals surface area (Å²) in [6.45, 7) is -0.0404. The Kier molecular flexibility index (Phi) is 5.52. The van der Waals surface area contributed by atoms with Gasteiger partial charge in [0.2, 0.25) is 15.9 Å². The van der Waals surface area contributed by atoms with Crippen molar-refractivity contribution in [1.82, 2.24) is 4.31 Å². The van der Waals surface area contributed by atoms with Crippen molar-refractivity contribution in [2.24, 2.45) is 5.92 Å². The monoisotopic (exact) mass is 398 g/mol. The number of benzene rings is 2.